The third-order valence-corrected chi connectivity index (χ3v) is 3.44. The Bertz CT molecular complexity index is 431. The fraction of sp³-hybridized carbons (Fsp3) is 0.500. The van der Waals surface area contributed by atoms with Crippen LogP contribution in [0.5, 0.6) is 5.75 Å². The van der Waals surface area contributed by atoms with E-state index in [1.807, 2.05) is 26.0 Å². The van der Waals surface area contributed by atoms with E-state index in [2.05, 4.69) is 12.8 Å². The van der Waals surface area contributed by atoms with E-state index < -0.39 is 0 Å². The van der Waals surface area contributed by atoms with Crippen molar-refractivity contribution in [1.29, 1.82) is 0 Å². The van der Waals surface area contributed by atoms with E-state index in [0.29, 0.717) is 12.5 Å². The van der Waals surface area contributed by atoms with E-state index >= 15 is 0 Å². The number of benzene rings is 1. The van der Waals surface area contributed by atoms with Crippen LogP contribution in [0.15, 0.2) is 12.1 Å². The van der Waals surface area contributed by atoms with Gasteiger partial charge in [-0.3, -0.25) is 0 Å². The van der Waals surface area contributed by atoms with Gasteiger partial charge < -0.3 is 4.74 Å². The topological polar surface area (TPSA) is 9.23 Å². The highest BCUT2D eigenvalue weighted by molar-refractivity contribution is 6.31. The summed E-state index contributed by atoms with van der Waals surface area (Å²) in [4.78, 5) is 0. The number of hydrogen-bond acceptors (Lipinski definition) is 1. The van der Waals surface area contributed by atoms with E-state index in [1.54, 1.807) is 0 Å². The molecule has 0 aromatic heterocycles. The van der Waals surface area contributed by atoms with Crippen molar-refractivity contribution in [3.05, 3.63) is 28.3 Å². The van der Waals surface area contributed by atoms with Crippen molar-refractivity contribution in [1.82, 2.24) is 0 Å². The Morgan fingerprint density at radius 3 is 2.67 bits per heavy atom. The summed E-state index contributed by atoms with van der Waals surface area (Å²) in [6, 6.07) is 4.03. The van der Waals surface area contributed by atoms with E-state index in [1.165, 1.54) is 0 Å². The van der Waals surface area contributed by atoms with E-state index in [-0.39, 0.29) is 0 Å². The molecule has 0 fully saturated rings. The quantitative estimate of drug-likeness (QED) is 0.660. The first-order chi connectivity index (χ1) is 8.63. The molecule has 1 nitrogen and oxygen atoms in total. The van der Waals surface area contributed by atoms with Crippen LogP contribution in [-0.4, -0.2) is 6.61 Å². The minimum Gasteiger partial charge on any atom is -0.494 e. The van der Waals surface area contributed by atoms with Crippen LogP contribution in [0.4, 0.5) is 0 Å². The molecule has 0 aliphatic heterocycles. The Hall–Kier alpha value is -1.13. The molecule has 0 amide bonds. The Morgan fingerprint density at radius 2 is 2.11 bits per heavy atom. The van der Waals surface area contributed by atoms with Crippen molar-refractivity contribution in [2.24, 2.45) is 0 Å². The Kier molecular flexibility index (Phi) is 6.09. The highest BCUT2D eigenvalue weighted by atomic mass is 35.5. The van der Waals surface area contributed by atoms with Crippen LogP contribution in [0, 0.1) is 19.3 Å². The first-order valence-corrected chi connectivity index (χ1v) is 6.88. The molecule has 98 valence electrons. The zero-order valence-corrected chi connectivity index (χ0v) is 12.2. The molecule has 18 heavy (non-hydrogen) atoms. The van der Waals surface area contributed by atoms with Gasteiger partial charge in [0.15, 0.2) is 0 Å². The number of aryl methyl sites for hydroxylation is 1. The van der Waals surface area contributed by atoms with Crippen molar-refractivity contribution in [3.8, 4) is 18.1 Å². The lowest BCUT2D eigenvalue weighted by Gasteiger charge is -2.19. The van der Waals surface area contributed by atoms with Crippen molar-refractivity contribution in [3.63, 3.8) is 0 Å². The standard InChI is InChI=1S/C16H21ClO/c1-5-8-13(9-6-2)14-11-15(17)12(4)10-16(14)18-7-3/h1,10-11,13H,6-9H2,2-4H3. The summed E-state index contributed by atoms with van der Waals surface area (Å²) in [5.41, 5.74) is 2.19. The Morgan fingerprint density at radius 1 is 1.39 bits per heavy atom. The maximum Gasteiger partial charge on any atom is 0.123 e. The minimum atomic E-state index is 0.333. The number of hydrogen-bond donors (Lipinski definition) is 0. The second-order valence-electron chi connectivity index (χ2n) is 4.47. The Labute approximate surface area is 115 Å². The second kappa shape index (κ2) is 7.34. The van der Waals surface area contributed by atoms with E-state index in [0.717, 1.165) is 41.2 Å². The van der Waals surface area contributed by atoms with Crippen LogP contribution in [0.25, 0.3) is 0 Å². The molecule has 1 aromatic carbocycles. The number of ether oxygens (including phenoxy) is 1. The number of halogens is 1. The number of rotatable bonds is 6. The van der Waals surface area contributed by atoms with Crippen LogP contribution in [-0.2, 0) is 0 Å². The number of terminal acetylenes is 1. The summed E-state index contributed by atoms with van der Waals surface area (Å²) in [7, 11) is 0. The predicted molar refractivity (Wildman–Crippen MR) is 78.5 cm³/mol. The predicted octanol–water partition coefficient (Wildman–Crippen LogP) is 4.95. The van der Waals surface area contributed by atoms with Crippen LogP contribution in [0.3, 0.4) is 0 Å². The highest BCUT2D eigenvalue weighted by Gasteiger charge is 2.16. The third-order valence-electron chi connectivity index (χ3n) is 3.03. The summed E-state index contributed by atoms with van der Waals surface area (Å²) in [5.74, 6) is 4.01. The van der Waals surface area contributed by atoms with E-state index in [9.17, 15) is 0 Å². The molecular weight excluding hydrogens is 244 g/mol. The molecule has 1 atom stereocenters. The lowest BCUT2D eigenvalue weighted by molar-refractivity contribution is 0.333. The third kappa shape index (κ3) is 3.68. The van der Waals surface area contributed by atoms with E-state index in [4.69, 9.17) is 22.8 Å². The zero-order chi connectivity index (χ0) is 13.5. The minimum absolute atomic E-state index is 0.333. The second-order valence-corrected chi connectivity index (χ2v) is 4.87. The smallest absolute Gasteiger partial charge is 0.123 e. The molecule has 0 aliphatic rings. The van der Waals surface area contributed by atoms with Crippen molar-refractivity contribution in [2.45, 2.75) is 46.0 Å². The molecule has 1 rings (SSSR count). The van der Waals surface area contributed by atoms with Gasteiger partial charge >= 0.3 is 0 Å². The molecular formula is C16H21ClO. The van der Waals surface area contributed by atoms with Gasteiger partial charge in [0.25, 0.3) is 0 Å². The van der Waals surface area contributed by atoms with Crippen LogP contribution >= 0.6 is 11.6 Å². The summed E-state index contributed by atoms with van der Waals surface area (Å²) in [5, 5.41) is 0.784. The first-order valence-electron chi connectivity index (χ1n) is 6.50. The summed E-state index contributed by atoms with van der Waals surface area (Å²) >= 11 is 6.22. The maximum atomic E-state index is 6.22. The average Bonchev–Trinajstić information content (AvgIpc) is 2.34. The molecule has 1 unspecified atom stereocenters. The van der Waals surface area contributed by atoms with Crippen molar-refractivity contribution in [2.75, 3.05) is 6.61 Å². The SMILES string of the molecule is C#CCC(CCC)c1cc(Cl)c(C)cc1OCC. The maximum absolute atomic E-state index is 6.22. The largest absolute Gasteiger partial charge is 0.494 e. The van der Waals surface area contributed by atoms with Crippen molar-refractivity contribution < 1.29 is 4.74 Å². The first kappa shape index (κ1) is 14.9. The van der Waals surface area contributed by atoms with Gasteiger partial charge in [0.1, 0.15) is 5.75 Å². The highest BCUT2D eigenvalue weighted by Crippen LogP contribution is 2.36. The van der Waals surface area contributed by atoms with Gasteiger partial charge in [-0.05, 0) is 49.4 Å². The fourth-order valence-electron chi connectivity index (χ4n) is 2.13. The summed E-state index contributed by atoms with van der Waals surface area (Å²) < 4.78 is 5.72. The molecule has 0 saturated carbocycles. The molecule has 0 radical (unpaired) electrons. The summed E-state index contributed by atoms with van der Waals surface area (Å²) in [6.07, 6.45) is 8.35. The Balaban J connectivity index is 3.17. The van der Waals surface area contributed by atoms with Gasteiger partial charge in [0, 0.05) is 11.4 Å². The van der Waals surface area contributed by atoms with Gasteiger partial charge in [0.05, 0.1) is 6.61 Å². The van der Waals surface area contributed by atoms with Crippen LogP contribution in [0.1, 0.15) is 50.2 Å². The molecule has 0 N–H and O–H groups in total. The molecule has 0 aliphatic carbocycles. The van der Waals surface area contributed by atoms with Gasteiger partial charge in [-0.15, -0.1) is 12.3 Å². The monoisotopic (exact) mass is 264 g/mol. The van der Waals surface area contributed by atoms with Crippen LogP contribution in [0.2, 0.25) is 5.02 Å². The molecule has 0 bridgehead atoms. The molecule has 0 saturated heterocycles. The average molecular weight is 265 g/mol. The molecule has 0 spiro atoms. The molecule has 2 heteroatoms. The summed E-state index contributed by atoms with van der Waals surface area (Å²) in [6.45, 7) is 6.80. The van der Waals surface area contributed by atoms with Gasteiger partial charge in [-0.25, -0.2) is 0 Å². The molecule has 1 aromatic rings. The normalized spacial score (nSPS) is 11.9. The van der Waals surface area contributed by atoms with Crippen LogP contribution < -0.4 is 4.74 Å². The zero-order valence-electron chi connectivity index (χ0n) is 11.4. The van der Waals surface area contributed by atoms with Gasteiger partial charge in [-0.2, -0.15) is 0 Å². The molecule has 0 heterocycles. The lowest BCUT2D eigenvalue weighted by atomic mass is 9.90. The fourth-order valence-corrected chi connectivity index (χ4v) is 2.30. The van der Waals surface area contributed by atoms with Gasteiger partial charge in [0.2, 0.25) is 0 Å². The van der Waals surface area contributed by atoms with Crippen molar-refractivity contribution >= 4 is 11.6 Å². The lowest BCUT2D eigenvalue weighted by Crippen LogP contribution is -2.04. The van der Waals surface area contributed by atoms with Gasteiger partial charge in [-0.1, -0.05) is 24.9 Å².